The van der Waals surface area contributed by atoms with Crippen molar-refractivity contribution in [1.29, 1.82) is 0 Å². The minimum Gasteiger partial charge on any atom is -0.486 e. The molecule has 2 aliphatic rings. The third-order valence-corrected chi connectivity index (χ3v) is 4.19. The first-order valence-electron chi connectivity index (χ1n) is 6.68. The Morgan fingerprint density at radius 3 is 2.83 bits per heavy atom. The number of hydrogen-bond donors (Lipinski definition) is 1. The van der Waals surface area contributed by atoms with E-state index in [4.69, 9.17) is 9.47 Å². The maximum Gasteiger partial charge on any atom is 0.162 e. The quantitative estimate of drug-likeness (QED) is 0.633. The molecule has 3 nitrogen and oxygen atoms in total. The Balaban J connectivity index is 1.43. The largest absolute Gasteiger partial charge is 0.486 e. The molecule has 1 fully saturated rings. The van der Waals surface area contributed by atoms with Crippen LogP contribution in [0, 0.1) is 0 Å². The van der Waals surface area contributed by atoms with Gasteiger partial charge in [-0.1, -0.05) is 0 Å². The van der Waals surface area contributed by atoms with E-state index < -0.39 is 0 Å². The predicted molar refractivity (Wildman–Crippen MR) is 73.8 cm³/mol. The van der Waals surface area contributed by atoms with Crippen LogP contribution >= 0.6 is 11.8 Å². The monoisotopic (exact) mass is 265 g/mol. The number of rotatable bonds is 6. The molecule has 98 valence electrons. The van der Waals surface area contributed by atoms with Gasteiger partial charge >= 0.3 is 0 Å². The molecule has 4 heteroatoms. The van der Waals surface area contributed by atoms with Gasteiger partial charge in [0.2, 0.25) is 0 Å². The molecule has 18 heavy (non-hydrogen) atoms. The van der Waals surface area contributed by atoms with E-state index in [0.29, 0.717) is 13.2 Å². The van der Waals surface area contributed by atoms with E-state index in [1.165, 1.54) is 24.2 Å². The van der Waals surface area contributed by atoms with Gasteiger partial charge in [-0.2, -0.15) is 0 Å². The van der Waals surface area contributed by atoms with Gasteiger partial charge in [0.1, 0.15) is 13.2 Å². The van der Waals surface area contributed by atoms with Gasteiger partial charge < -0.3 is 14.8 Å². The molecule has 0 atom stereocenters. The molecular formula is C14H19NO2S. The zero-order chi connectivity index (χ0) is 12.2. The van der Waals surface area contributed by atoms with Crippen LogP contribution in [0.25, 0.3) is 0 Å². The van der Waals surface area contributed by atoms with E-state index in [1.807, 2.05) is 17.8 Å². The smallest absolute Gasteiger partial charge is 0.162 e. The molecule has 1 aliphatic carbocycles. The summed E-state index contributed by atoms with van der Waals surface area (Å²) in [4.78, 5) is 1.27. The first-order valence-corrected chi connectivity index (χ1v) is 7.66. The highest BCUT2D eigenvalue weighted by molar-refractivity contribution is 7.99. The topological polar surface area (TPSA) is 30.5 Å². The van der Waals surface area contributed by atoms with Gasteiger partial charge in [-0.25, -0.2) is 0 Å². The molecular weight excluding hydrogens is 246 g/mol. The van der Waals surface area contributed by atoms with E-state index in [1.54, 1.807) is 0 Å². The molecule has 0 unspecified atom stereocenters. The second-order valence-corrected chi connectivity index (χ2v) is 5.90. The lowest BCUT2D eigenvalue weighted by molar-refractivity contribution is 0.171. The molecule has 0 aromatic heterocycles. The van der Waals surface area contributed by atoms with Crippen LogP contribution in [0.3, 0.4) is 0 Å². The Morgan fingerprint density at radius 2 is 2.00 bits per heavy atom. The zero-order valence-electron chi connectivity index (χ0n) is 10.5. The van der Waals surface area contributed by atoms with Crippen molar-refractivity contribution in [3.63, 3.8) is 0 Å². The van der Waals surface area contributed by atoms with Gasteiger partial charge in [0.25, 0.3) is 0 Å². The Bertz CT molecular complexity index is 407. The highest BCUT2D eigenvalue weighted by Gasteiger charge is 2.19. The van der Waals surface area contributed by atoms with Crippen LogP contribution in [0.4, 0.5) is 0 Å². The van der Waals surface area contributed by atoms with Gasteiger partial charge in [0, 0.05) is 10.9 Å². The number of benzene rings is 1. The molecule has 0 amide bonds. The summed E-state index contributed by atoms with van der Waals surface area (Å²) in [6.45, 7) is 2.46. The Kier molecular flexibility index (Phi) is 3.96. The third-order valence-electron chi connectivity index (χ3n) is 3.11. The Labute approximate surface area is 112 Å². The van der Waals surface area contributed by atoms with Crippen LogP contribution in [0.15, 0.2) is 23.1 Å². The van der Waals surface area contributed by atoms with Gasteiger partial charge in [-0.15, -0.1) is 11.8 Å². The van der Waals surface area contributed by atoms with Gasteiger partial charge in [-0.3, -0.25) is 0 Å². The first-order chi connectivity index (χ1) is 8.92. The Morgan fingerprint density at radius 1 is 1.17 bits per heavy atom. The predicted octanol–water partition coefficient (Wildman–Crippen LogP) is 2.69. The summed E-state index contributed by atoms with van der Waals surface area (Å²) >= 11 is 1.89. The fraction of sp³-hybridized carbons (Fsp3) is 0.571. The fourth-order valence-electron chi connectivity index (χ4n) is 1.97. The van der Waals surface area contributed by atoms with Crippen LogP contribution in [0.5, 0.6) is 11.5 Å². The lowest BCUT2D eigenvalue weighted by Crippen LogP contribution is -2.17. The summed E-state index contributed by atoms with van der Waals surface area (Å²) in [6.07, 6.45) is 3.96. The highest BCUT2D eigenvalue weighted by atomic mass is 32.2. The molecule has 0 radical (unpaired) electrons. The van der Waals surface area contributed by atoms with Gasteiger partial charge in [0.05, 0.1) is 0 Å². The summed E-state index contributed by atoms with van der Waals surface area (Å²) in [5.41, 5.74) is 0. The summed E-state index contributed by atoms with van der Waals surface area (Å²) < 4.78 is 11.1. The van der Waals surface area contributed by atoms with E-state index in [9.17, 15) is 0 Å². The van der Waals surface area contributed by atoms with Crippen molar-refractivity contribution in [2.24, 2.45) is 0 Å². The number of ether oxygens (including phenoxy) is 2. The number of fused-ring (bicyclic) bond motifs is 1. The summed E-state index contributed by atoms with van der Waals surface area (Å²) in [7, 11) is 0. The maximum absolute atomic E-state index is 5.58. The van der Waals surface area contributed by atoms with Crippen molar-refractivity contribution in [2.75, 3.05) is 25.5 Å². The SMILES string of the molecule is c1cc2c(cc1SCCCNC1CC1)OCCO2. The second-order valence-electron chi connectivity index (χ2n) is 4.74. The Hall–Kier alpha value is -0.870. The molecule has 1 N–H and O–H groups in total. The average molecular weight is 265 g/mol. The number of thioether (sulfide) groups is 1. The number of nitrogens with one attached hydrogen (secondary N) is 1. The molecule has 1 aromatic carbocycles. The van der Waals surface area contributed by atoms with E-state index in [-0.39, 0.29) is 0 Å². The van der Waals surface area contributed by atoms with Crippen LogP contribution in [0.1, 0.15) is 19.3 Å². The van der Waals surface area contributed by atoms with Crippen molar-refractivity contribution in [1.82, 2.24) is 5.32 Å². The summed E-state index contributed by atoms with van der Waals surface area (Å²) in [5.74, 6) is 2.92. The van der Waals surface area contributed by atoms with Crippen molar-refractivity contribution < 1.29 is 9.47 Å². The van der Waals surface area contributed by atoms with Gasteiger partial charge in [0.15, 0.2) is 11.5 Å². The van der Waals surface area contributed by atoms with E-state index in [0.717, 1.165) is 29.8 Å². The lowest BCUT2D eigenvalue weighted by Gasteiger charge is -2.18. The minimum absolute atomic E-state index is 0.659. The molecule has 0 bridgehead atoms. The van der Waals surface area contributed by atoms with Crippen molar-refractivity contribution in [2.45, 2.75) is 30.2 Å². The fourth-order valence-corrected chi connectivity index (χ4v) is 2.85. The molecule has 3 rings (SSSR count). The molecule has 1 saturated carbocycles. The third kappa shape index (κ3) is 3.33. The molecule has 1 aromatic rings. The normalized spacial score (nSPS) is 17.8. The molecule has 0 saturated heterocycles. The molecule has 1 aliphatic heterocycles. The molecule has 0 spiro atoms. The highest BCUT2D eigenvalue weighted by Crippen LogP contribution is 2.34. The summed E-state index contributed by atoms with van der Waals surface area (Å²) in [6, 6.07) is 7.04. The zero-order valence-corrected chi connectivity index (χ0v) is 11.3. The second kappa shape index (κ2) is 5.85. The summed E-state index contributed by atoms with van der Waals surface area (Å²) in [5, 5.41) is 3.53. The minimum atomic E-state index is 0.659. The maximum atomic E-state index is 5.58. The van der Waals surface area contributed by atoms with Crippen LogP contribution in [-0.4, -0.2) is 31.6 Å². The van der Waals surface area contributed by atoms with Crippen LogP contribution < -0.4 is 14.8 Å². The first kappa shape index (κ1) is 12.2. The average Bonchev–Trinajstić information content (AvgIpc) is 3.22. The number of hydrogen-bond acceptors (Lipinski definition) is 4. The van der Waals surface area contributed by atoms with E-state index >= 15 is 0 Å². The van der Waals surface area contributed by atoms with Crippen molar-refractivity contribution in [3.8, 4) is 11.5 Å². The molecule has 1 heterocycles. The van der Waals surface area contributed by atoms with E-state index in [2.05, 4.69) is 17.4 Å². The van der Waals surface area contributed by atoms with Gasteiger partial charge in [-0.05, 0) is 49.8 Å². The van der Waals surface area contributed by atoms with Crippen LogP contribution in [0.2, 0.25) is 0 Å². The lowest BCUT2D eigenvalue weighted by atomic mass is 10.3. The van der Waals surface area contributed by atoms with Crippen molar-refractivity contribution >= 4 is 11.8 Å². The van der Waals surface area contributed by atoms with Crippen molar-refractivity contribution in [3.05, 3.63) is 18.2 Å². The van der Waals surface area contributed by atoms with Crippen LogP contribution in [-0.2, 0) is 0 Å². The standard InChI is InChI=1S/C14H19NO2S/c1(6-15-11-2-3-11)9-18-12-4-5-13-14(10-12)17-8-7-16-13/h4-5,10-11,15H,1-3,6-9H2.